The Bertz CT molecular complexity index is 253. The van der Waals surface area contributed by atoms with Gasteiger partial charge in [-0.15, -0.1) is 0 Å². The highest BCUT2D eigenvalue weighted by Gasteiger charge is 1.96. The quantitative estimate of drug-likeness (QED) is 0.673. The fourth-order valence-electron chi connectivity index (χ4n) is 1.41. The molecule has 1 rings (SSSR count). The molecule has 0 aromatic heterocycles. The number of benzene rings is 1. The van der Waals surface area contributed by atoms with Crippen molar-refractivity contribution in [2.24, 2.45) is 5.92 Å². The number of aryl methyl sites for hydroxylation is 1. The van der Waals surface area contributed by atoms with Gasteiger partial charge < -0.3 is 0 Å². The van der Waals surface area contributed by atoms with Gasteiger partial charge in [-0.1, -0.05) is 44.0 Å². The molecular formula is C12H17Cl. The lowest BCUT2D eigenvalue weighted by molar-refractivity contribution is 0.556. The van der Waals surface area contributed by atoms with Crippen molar-refractivity contribution in [2.45, 2.75) is 33.1 Å². The van der Waals surface area contributed by atoms with E-state index in [4.69, 9.17) is 11.6 Å². The van der Waals surface area contributed by atoms with Crippen LogP contribution in [-0.4, -0.2) is 0 Å². The van der Waals surface area contributed by atoms with E-state index in [1.807, 2.05) is 12.1 Å². The van der Waals surface area contributed by atoms with E-state index in [1.165, 1.54) is 18.4 Å². The molecule has 0 unspecified atom stereocenters. The molecule has 1 aromatic rings. The summed E-state index contributed by atoms with van der Waals surface area (Å²) in [6, 6.07) is 8.15. The van der Waals surface area contributed by atoms with Crippen LogP contribution in [0.5, 0.6) is 0 Å². The summed E-state index contributed by atoms with van der Waals surface area (Å²) in [4.78, 5) is 0. The van der Waals surface area contributed by atoms with Gasteiger partial charge >= 0.3 is 0 Å². The summed E-state index contributed by atoms with van der Waals surface area (Å²) >= 11 is 5.89. The summed E-state index contributed by atoms with van der Waals surface area (Å²) < 4.78 is 0. The summed E-state index contributed by atoms with van der Waals surface area (Å²) in [5.74, 6) is 0.805. The molecule has 0 radical (unpaired) electrons. The predicted molar refractivity (Wildman–Crippen MR) is 59.2 cm³/mol. The molecule has 1 heteroatoms. The largest absolute Gasteiger partial charge is 0.0843 e. The molecule has 1 aromatic carbocycles. The van der Waals surface area contributed by atoms with Crippen LogP contribution in [0.1, 0.15) is 32.3 Å². The van der Waals surface area contributed by atoms with Gasteiger partial charge in [0.25, 0.3) is 0 Å². The number of halogens is 1. The lowest BCUT2D eigenvalue weighted by Crippen LogP contribution is -1.90. The van der Waals surface area contributed by atoms with Crippen molar-refractivity contribution < 1.29 is 0 Å². The van der Waals surface area contributed by atoms with Gasteiger partial charge in [-0.25, -0.2) is 0 Å². The first kappa shape index (κ1) is 10.6. The minimum absolute atomic E-state index is 0.805. The average molecular weight is 197 g/mol. The molecule has 0 saturated carbocycles. The van der Waals surface area contributed by atoms with E-state index in [0.29, 0.717) is 0 Å². The Morgan fingerprint density at radius 3 is 2.69 bits per heavy atom. The molecule has 0 atom stereocenters. The molecule has 0 N–H and O–H groups in total. The molecule has 13 heavy (non-hydrogen) atoms. The Kier molecular flexibility index (Phi) is 4.31. The highest BCUT2D eigenvalue weighted by Crippen LogP contribution is 2.14. The van der Waals surface area contributed by atoms with E-state index in [0.717, 1.165) is 17.4 Å². The third-order valence-electron chi connectivity index (χ3n) is 2.14. The molecule has 0 aliphatic heterocycles. The van der Waals surface area contributed by atoms with Crippen LogP contribution >= 0.6 is 11.6 Å². The minimum Gasteiger partial charge on any atom is -0.0843 e. The topological polar surface area (TPSA) is 0 Å². The van der Waals surface area contributed by atoms with Crippen molar-refractivity contribution in [1.29, 1.82) is 0 Å². The lowest BCUT2D eigenvalue weighted by atomic mass is 10.0. The highest BCUT2D eigenvalue weighted by molar-refractivity contribution is 6.30. The zero-order valence-corrected chi connectivity index (χ0v) is 9.14. The summed E-state index contributed by atoms with van der Waals surface area (Å²) in [6.07, 6.45) is 3.71. The van der Waals surface area contributed by atoms with E-state index in [2.05, 4.69) is 26.0 Å². The predicted octanol–water partition coefficient (Wildman–Crippen LogP) is 4.32. The normalized spacial score (nSPS) is 10.8. The van der Waals surface area contributed by atoms with Gasteiger partial charge in [0.2, 0.25) is 0 Å². The van der Waals surface area contributed by atoms with Crippen LogP contribution in [0.25, 0.3) is 0 Å². The van der Waals surface area contributed by atoms with Gasteiger partial charge in [0.05, 0.1) is 0 Å². The van der Waals surface area contributed by atoms with Crippen molar-refractivity contribution in [3.05, 3.63) is 34.9 Å². The van der Waals surface area contributed by atoms with E-state index in [9.17, 15) is 0 Å². The second-order valence-corrected chi connectivity index (χ2v) is 4.35. The van der Waals surface area contributed by atoms with E-state index in [-0.39, 0.29) is 0 Å². The molecule has 0 aliphatic rings. The van der Waals surface area contributed by atoms with Gasteiger partial charge in [-0.2, -0.15) is 0 Å². The summed E-state index contributed by atoms with van der Waals surface area (Å²) in [7, 11) is 0. The Morgan fingerprint density at radius 1 is 1.31 bits per heavy atom. The van der Waals surface area contributed by atoms with Crippen LogP contribution < -0.4 is 0 Å². The van der Waals surface area contributed by atoms with Crippen molar-refractivity contribution in [1.82, 2.24) is 0 Å². The second-order valence-electron chi connectivity index (χ2n) is 3.92. The maximum absolute atomic E-state index is 5.89. The maximum atomic E-state index is 5.89. The van der Waals surface area contributed by atoms with Crippen molar-refractivity contribution in [3.8, 4) is 0 Å². The molecule has 0 heterocycles. The summed E-state index contributed by atoms with van der Waals surface area (Å²) in [6.45, 7) is 4.52. The van der Waals surface area contributed by atoms with Crippen LogP contribution in [0.15, 0.2) is 24.3 Å². The van der Waals surface area contributed by atoms with Gasteiger partial charge in [-0.3, -0.25) is 0 Å². The van der Waals surface area contributed by atoms with E-state index in [1.54, 1.807) is 0 Å². The first-order valence-electron chi connectivity index (χ1n) is 4.93. The van der Waals surface area contributed by atoms with Gasteiger partial charge in [-0.05, 0) is 36.5 Å². The van der Waals surface area contributed by atoms with Gasteiger partial charge in [0.15, 0.2) is 0 Å². The van der Waals surface area contributed by atoms with Crippen molar-refractivity contribution >= 4 is 11.6 Å². The summed E-state index contributed by atoms with van der Waals surface area (Å²) in [5.41, 5.74) is 1.35. The van der Waals surface area contributed by atoms with Crippen LogP contribution in [0, 0.1) is 5.92 Å². The minimum atomic E-state index is 0.805. The zero-order chi connectivity index (χ0) is 9.68. The molecule has 0 nitrogen and oxygen atoms in total. The van der Waals surface area contributed by atoms with Gasteiger partial charge in [0.1, 0.15) is 0 Å². The molecular weight excluding hydrogens is 180 g/mol. The Hall–Kier alpha value is -0.490. The van der Waals surface area contributed by atoms with Crippen LogP contribution in [0.4, 0.5) is 0 Å². The average Bonchev–Trinajstić information content (AvgIpc) is 2.03. The maximum Gasteiger partial charge on any atom is 0.0408 e. The van der Waals surface area contributed by atoms with Crippen molar-refractivity contribution in [2.75, 3.05) is 0 Å². The Morgan fingerprint density at radius 2 is 2.08 bits per heavy atom. The number of rotatable bonds is 4. The smallest absolute Gasteiger partial charge is 0.0408 e. The fourth-order valence-corrected chi connectivity index (χ4v) is 1.62. The Balaban J connectivity index is 2.37. The highest BCUT2D eigenvalue weighted by atomic mass is 35.5. The molecule has 0 fully saturated rings. The van der Waals surface area contributed by atoms with Crippen LogP contribution in [-0.2, 0) is 6.42 Å². The third kappa shape index (κ3) is 4.33. The first-order chi connectivity index (χ1) is 6.18. The fraction of sp³-hybridized carbons (Fsp3) is 0.500. The molecule has 0 amide bonds. The molecule has 0 saturated heterocycles. The van der Waals surface area contributed by atoms with Gasteiger partial charge in [0, 0.05) is 5.02 Å². The summed E-state index contributed by atoms with van der Waals surface area (Å²) in [5, 5.41) is 0.849. The number of hydrogen-bond donors (Lipinski definition) is 0. The van der Waals surface area contributed by atoms with Crippen LogP contribution in [0.3, 0.4) is 0 Å². The SMILES string of the molecule is CC(C)CCCc1cccc(Cl)c1. The molecule has 0 aliphatic carbocycles. The second kappa shape index (κ2) is 5.29. The van der Waals surface area contributed by atoms with Crippen molar-refractivity contribution in [3.63, 3.8) is 0 Å². The lowest BCUT2D eigenvalue weighted by Gasteiger charge is -2.04. The third-order valence-corrected chi connectivity index (χ3v) is 2.37. The number of hydrogen-bond acceptors (Lipinski definition) is 0. The van der Waals surface area contributed by atoms with Crippen LogP contribution in [0.2, 0.25) is 5.02 Å². The monoisotopic (exact) mass is 196 g/mol. The first-order valence-corrected chi connectivity index (χ1v) is 5.30. The molecule has 72 valence electrons. The Labute approximate surface area is 85.9 Å². The molecule has 0 spiro atoms. The zero-order valence-electron chi connectivity index (χ0n) is 8.39. The van der Waals surface area contributed by atoms with E-state index >= 15 is 0 Å². The van der Waals surface area contributed by atoms with E-state index < -0.39 is 0 Å². The molecule has 0 bridgehead atoms. The standard InChI is InChI=1S/C12H17Cl/c1-10(2)5-3-6-11-7-4-8-12(13)9-11/h4,7-10H,3,5-6H2,1-2H3.